The smallest absolute Gasteiger partial charge is 0.231 e. The number of ether oxygens (including phenoxy) is 2. The van der Waals surface area contributed by atoms with Crippen LogP contribution in [0.3, 0.4) is 0 Å². The molecule has 0 unspecified atom stereocenters. The maximum atomic E-state index is 5.43. The number of hydrogen-bond acceptors (Lipinski definition) is 5. The van der Waals surface area contributed by atoms with Crippen molar-refractivity contribution in [2.75, 3.05) is 38.3 Å². The Morgan fingerprint density at radius 3 is 2.79 bits per heavy atom. The second kappa shape index (κ2) is 13.1. The van der Waals surface area contributed by atoms with Gasteiger partial charge in [-0.3, -0.25) is 4.99 Å². The largest absolute Gasteiger partial charge is 0.454 e. The van der Waals surface area contributed by atoms with E-state index in [2.05, 4.69) is 38.9 Å². The van der Waals surface area contributed by atoms with E-state index < -0.39 is 0 Å². The van der Waals surface area contributed by atoms with Gasteiger partial charge >= 0.3 is 0 Å². The fraction of sp³-hybridized carbons (Fsp3) is 0.429. The van der Waals surface area contributed by atoms with Gasteiger partial charge in [0.15, 0.2) is 17.5 Å². The SMILES string of the molecule is CCNC(=NCCCCNc1ccccn1)NCCc1ccc2c(c1)OCO2.I. The summed E-state index contributed by atoms with van der Waals surface area (Å²) in [6.07, 6.45) is 4.77. The van der Waals surface area contributed by atoms with Crippen LogP contribution in [-0.4, -0.2) is 43.9 Å². The van der Waals surface area contributed by atoms with Crippen LogP contribution in [0, 0.1) is 0 Å². The lowest BCUT2D eigenvalue weighted by atomic mass is 10.1. The Balaban J connectivity index is 0.00000300. The molecule has 0 bridgehead atoms. The van der Waals surface area contributed by atoms with Crippen LogP contribution in [0.15, 0.2) is 47.6 Å². The molecule has 1 aliphatic rings. The van der Waals surface area contributed by atoms with Crippen molar-refractivity contribution in [3.8, 4) is 11.5 Å². The Morgan fingerprint density at radius 1 is 1.07 bits per heavy atom. The lowest BCUT2D eigenvalue weighted by Gasteiger charge is -2.11. The maximum absolute atomic E-state index is 5.43. The van der Waals surface area contributed by atoms with Crippen molar-refractivity contribution >= 4 is 35.8 Å². The number of pyridine rings is 1. The Hall–Kier alpha value is -2.23. The first-order valence-corrected chi connectivity index (χ1v) is 9.91. The number of aromatic nitrogens is 1. The van der Waals surface area contributed by atoms with Gasteiger partial charge < -0.3 is 25.4 Å². The molecule has 29 heavy (non-hydrogen) atoms. The first kappa shape index (κ1) is 23.1. The van der Waals surface area contributed by atoms with Crippen LogP contribution in [0.1, 0.15) is 25.3 Å². The van der Waals surface area contributed by atoms with Crippen LogP contribution >= 0.6 is 24.0 Å². The number of nitrogens with one attached hydrogen (secondary N) is 3. The monoisotopic (exact) mass is 511 g/mol. The summed E-state index contributed by atoms with van der Waals surface area (Å²) < 4.78 is 10.8. The zero-order chi connectivity index (χ0) is 19.4. The molecule has 1 aromatic heterocycles. The molecular weight excluding hydrogens is 481 g/mol. The van der Waals surface area contributed by atoms with Crippen molar-refractivity contribution in [3.63, 3.8) is 0 Å². The zero-order valence-electron chi connectivity index (χ0n) is 16.8. The second-order valence-electron chi connectivity index (χ2n) is 6.47. The van der Waals surface area contributed by atoms with Gasteiger partial charge in [-0.1, -0.05) is 12.1 Å². The summed E-state index contributed by atoms with van der Waals surface area (Å²) in [5, 5.41) is 10.0. The normalized spacial score (nSPS) is 12.2. The summed E-state index contributed by atoms with van der Waals surface area (Å²) in [7, 11) is 0. The average molecular weight is 511 g/mol. The Bertz CT molecular complexity index is 758. The van der Waals surface area contributed by atoms with E-state index in [1.165, 1.54) is 5.56 Å². The summed E-state index contributed by atoms with van der Waals surface area (Å²) in [6, 6.07) is 12.0. The van der Waals surface area contributed by atoms with Gasteiger partial charge in [0.25, 0.3) is 0 Å². The molecule has 0 saturated carbocycles. The molecular formula is C21H30IN5O2. The molecule has 7 nitrogen and oxygen atoms in total. The van der Waals surface area contributed by atoms with E-state index in [0.717, 1.165) is 68.7 Å². The van der Waals surface area contributed by atoms with Crippen LogP contribution < -0.4 is 25.4 Å². The van der Waals surface area contributed by atoms with E-state index >= 15 is 0 Å². The molecule has 158 valence electrons. The summed E-state index contributed by atoms with van der Waals surface area (Å²) in [5.74, 6) is 3.44. The molecule has 0 atom stereocenters. The number of benzene rings is 1. The first-order chi connectivity index (χ1) is 13.8. The third-order valence-corrected chi connectivity index (χ3v) is 4.31. The lowest BCUT2D eigenvalue weighted by molar-refractivity contribution is 0.174. The number of aliphatic imine (C=N–C) groups is 1. The van der Waals surface area contributed by atoms with Gasteiger partial charge in [-0.15, -0.1) is 24.0 Å². The van der Waals surface area contributed by atoms with Gasteiger partial charge in [0.2, 0.25) is 6.79 Å². The third-order valence-electron chi connectivity index (χ3n) is 4.31. The minimum absolute atomic E-state index is 0. The van der Waals surface area contributed by atoms with Crippen LogP contribution in [0.25, 0.3) is 0 Å². The van der Waals surface area contributed by atoms with E-state index in [0.29, 0.717) is 6.79 Å². The average Bonchev–Trinajstić information content (AvgIpc) is 3.19. The van der Waals surface area contributed by atoms with Gasteiger partial charge in [-0.2, -0.15) is 0 Å². The van der Waals surface area contributed by atoms with Crippen molar-refractivity contribution in [1.29, 1.82) is 0 Å². The number of rotatable bonds is 10. The van der Waals surface area contributed by atoms with Crippen LogP contribution in [0.2, 0.25) is 0 Å². The number of halogens is 1. The molecule has 3 N–H and O–H groups in total. The van der Waals surface area contributed by atoms with Gasteiger partial charge in [0, 0.05) is 32.4 Å². The molecule has 1 aliphatic heterocycles. The molecule has 0 aliphatic carbocycles. The summed E-state index contributed by atoms with van der Waals surface area (Å²) in [6.45, 7) is 5.74. The second-order valence-corrected chi connectivity index (χ2v) is 6.47. The van der Waals surface area contributed by atoms with Crippen molar-refractivity contribution < 1.29 is 9.47 Å². The third kappa shape index (κ3) is 7.96. The molecule has 2 aromatic rings. The zero-order valence-corrected chi connectivity index (χ0v) is 19.1. The molecule has 0 amide bonds. The highest BCUT2D eigenvalue weighted by Gasteiger charge is 2.12. The van der Waals surface area contributed by atoms with Crippen molar-refractivity contribution in [1.82, 2.24) is 15.6 Å². The lowest BCUT2D eigenvalue weighted by Crippen LogP contribution is -2.38. The quantitative estimate of drug-likeness (QED) is 0.197. The van der Waals surface area contributed by atoms with Gasteiger partial charge in [-0.05, 0) is 56.0 Å². The minimum Gasteiger partial charge on any atom is -0.454 e. The summed E-state index contributed by atoms with van der Waals surface area (Å²) in [4.78, 5) is 8.91. The molecule has 0 fully saturated rings. The molecule has 2 heterocycles. The summed E-state index contributed by atoms with van der Waals surface area (Å²) >= 11 is 0. The van der Waals surface area contributed by atoms with Crippen molar-refractivity contribution in [2.24, 2.45) is 4.99 Å². The van der Waals surface area contributed by atoms with Crippen molar-refractivity contribution in [2.45, 2.75) is 26.2 Å². The maximum Gasteiger partial charge on any atom is 0.231 e. The predicted molar refractivity (Wildman–Crippen MR) is 128 cm³/mol. The van der Waals surface area contributed by atoms with Gasteiger partial charge in [-0.25, -0.2) is 4.98 Å². The standard InChI is InChI=1S/C21H29N5O2.HI/c1-2-22-21(25-13-6-5-12-24-20-7-3-4-11-23-20)26-14-10-17-8-9-18-19(15-17)28-16-27-18;/h3-4,7-9,11,15H,2,5-6,10,12-14,16H2,1H3,(H,23,24)(H2,22,25,26);1H. The Labute approximate surface area is 189 Å². The van der Waals surface area contributed by atoms with Crippen molar-refractivity contribution in [3.05, 3.63) is 48.2 Å². The number of nitrogens with zero attached hydrogens (tertiary/aromatic N) is 2. The van der Waals surface area contributed by atoms with E-state index in [4.69, 9.17) is 9.47 Å². The molecule has 3 rings (SSSR count). The van der Waals surface area contributed by atoms with E-state index in [-0.39, 0.29) is 24.0 Å². The van der Waals surface area contributed by atoms with Gasteiger partial charge in [0.05, 0.1) is 0 Å². The van der Waals surface area contributed by atoms with E-state index in [9.17, 15) is 0 Å². The molecule has 0 saturated heterocycles. The number of guanidine groups is 1. The fourth-order valence-corrected chi connectivity index (χ4v) is 2.87. The van der Waals surface area contributed by atoms with E-state index in [1.807, 2.05) is 30.3 Å². The number of fused-ring (bicyclic) bond motifs is 1. The van der Waals surface area contributed by atoms with Crippen LogP contribution in [-0.2, 0) is 6.42 Å². The first-order valence-electron chi connectivity index (χ1n) is 9.91. The molecule has 1 aromatic carbocycles. The highest BCUT2D eigenvalue weighted by molar-refractivity contribution is 14.0. The molecule has 0 spiro atoms. The van der Waals surface area contributed by atoms with Gasteiger partial charge in [0.1, 0.15) is 5.82 Å². The van der Waals surface area contributed by atoms with Crippen LogP contribution in [0.4, 0.5) is 5.82 Å². The molecule has 8 heteroatoms. The minimum atomic E-state index is 0. The number of unbranched alkanes of at least 4 members (excludes halogenated alkanes) is 1. The number of hydrogen-bond donors (Lipinski definition) is 3. The topological polar surface area (TPSA) is 79.8 Å². The predicted octanol–water partition coefficient (Wildman–Crippen LogP) is 3.42. The highest BCUT2D eigenvalue weighted by Crippen LogP contribution is 2.32. The highest BCUT2D eigenvalue weighted by atomic mass is 127. The van der Waals surface area contributed by atoms with Crippen LogP contribution in [0.5, 0.6) is 11.5 Å². The Morgan fingerprint density at radius 2 is 1.97 bits per heavy atom. The number of anilines is 1. The van der Waals surface area contributed by atoms with E-state index in [1.54, 1.807) is 6.20 Å². The Kier molecular flexibility index (Phi) is 10.4. The molecule has 0 radical (unpaired) electrons. The summed E-state index contributed by atoms with van der Waals surface area (Å²) in [5.41, 5.74) is 1.22. The fourth-order valence-electron chi connectivity index (χ4n) is 2.87.